The number of aromatic nitrogens is 1. The number of thioether (sulfide) groups is 1. The maximum absolute atomic E-state index is 12.5. The summed E-state index contributed by atoms with van der Waals surface area (Å²) in [5, 5.41) is 4.56. The third-order valence-electron chi connectivity index (χ3n) is 4.05. The smallest absolute Gasteiger partial charge is 0.237 e. The highest BCUT2D eigenvalue weighted by Gasteiger charge is 2.17. The average molecular weight is 366 g/mol. The Balaban J connectivity index is 1.44. The summed E-state index contributed by atoms with van der Waals surface area (Å²) < 4.78 is 11.0. The van der Waals surface area contributed by atoms with E-state index in [9.17, 15) is 4.79 Å². The molecule has 2 heterocycles. The van der Waals surface area contributed by atoms with Crippen molar-refractivity contribution in [3.05, 3.63) is 54.6 Å². The molecule has 1 N–H and O–H groups in total. The number of para-hydroxylation sites is 1. The molecule has 1 amide bonds. The molecule has 132 valence electrons. The van der Waals surface area contributed by atoms with E-state index in [1.165, 1.54) is 11.8 Å². The summed E-state index contributed by atoms with van der Waals surface area (Å²) in [6.45, 7) is 2.93. The number of carbonyl (C=O) groups is 1. The molecule has 0 fully saturated rings. The van der Waals surface area contributed by atoms with E-state index in [0.29, 0.717) is 30.4 Å². The number of benzene rings is 2. The van der Waals surface area contributed by atoms with Gasteiger partial charge in [0.25, 0.3) is 0 Å². The van der Waals surface area contributed by atoms with E-state index in [2.05, 4.69) is 10.3 Å². The topological polar surface area (TPSA) is 60.5 Å². The van der Waals surface area contributed by atoms with Crippen molar-refractivity contribution in [2.45, 2.75) is 17.2 Å². The highest BCUT2D eigenvalue weighted by molar-refractivity contribution is 8.00. The molecule has 1 unspecified atom stereocenters. The van der Waals surface area contributed by atoms with Gasteiger partial charge in [-0.2, -0.15) is 0 Å². The van der Waals surface area contributed by atoms with Gasteiger partial charge in [0.05, 0.1) is 15.8 Å². The van der Waals surface area contributed by atoms with Gasteiger partial charge in [-0.3, -0.25) is 4.79 Å². The molecule has 1 aliphatic rings. The maximum Gasteiger partial charge on any atom is 0.237 e. The molecule has 0 saturated heterocycles. The summed E-state index contributed by atoms with van der Waals surface area (Å²) in [5.41, 5.74) is 1.62. The van der Waals surface area contributed by atoms with E-state index in [1.807, 2.05) is 55.5 Å². The fraction of sp³-hybridized carbons (Fsp3) is 0.200. The molecular formula is C20H18N2O3S. The number of nitrogens with zero attached hydrogens (tertiary/aromatic N) is 1. The monoisotopic (exact) mass is 366 g/mol. The van der Waals surface area contributed by atoms with Gasteiger partial charge in [-0.05, 0) is 31.2 Å². The molecule has 26 heavy (non-hydrogen) atoms. The lowest BCUT2D eigenvalue weighted by Gasteiger charge is -2.19. The zero-order valence-electron chi connectivity index (χ0n) is 14.3. The summed E-state index contributed by atoms with van der Waals surface area (Å²) in [5.74, 6) is 1.28. The predicted molar refractivity (Wildman–Crippen MR) is 103 cm³/mol. The van der Waals surface area contributed by atoms with Crippen LogP contribution in [0.1, 0.15) is 6.92 Å². The van der Waals surface area contributed by atoms with E-state index in [0.717, 1.165) is 15.9 Å². The van der Waals surface area contributed by atoms with Gasteiger partial charge in [-0.15, -0.1) is 0 Å². The van der Waals surface area contributed by atoms with Gasteiger partial charge in [0.1, 0.15) is 13.2 Å². The lowest BCUT2D eigenvalue weighted by Crippen LogP contribution is -2.23. The lowest BCUT2D eigenvalue weighted by atomic mass is 10.2. The minimum Gasteiger partial charge on any atom is -0.486 e. The number of hydrogen-bond donors (Lipinski definition) is 1. The predicted octanol–water partition coefficient (Wildman–Crippen LogP) is 4.13. The number of fused-ring (bicyclic) bond motifs is 2. The van der Waals surface area contributed by atoms with Crippen LogP contribution < -0.4 is 14.8 Å². The number of rotatable bonds is 4. The van der Waals surface area contributed by atoms with Crippen molar-refractivity contribution in [2.75, 3.05) is 18.5 Å². The van der Waals surface area contributed by atoms with Crippen LogP contribution in [0.25, 0.3) is 10.9 Å². The summed E-state index contributed by atoms with van der Waals surface area (Å²) in [4.78, 5) is 17.1. The highest BCUT2D eigenvalue weighted by atomic mass is 32.2. The number of anilines is 1. The van der Waals surface area contributed by atoms with Crippen molar-refractivity contribution in [3.63, 3.8) is 0 Å². The van der Waals surface area contributed by atoms with Crippen LogP contribution in [0.5, 0.6) is 11.5 Å². The zero-order chi connectivity index (χ0) is 17.9. The van der Waals surface area contributed by atoms with Crippen molar-refractivity contribution in [1.29, 1.82) is 0 Å². The third-order valence-corrected chi connectivity index (χ3v) is 5.09. The summed E-state index contributed by atoms with van der Waals surface area (Å²) in [6.07, 6.45) is 0. The lowest BCUT2D eigenvalue weighted by molar-refractivity contribution is -0.115. The molecule has 1 atom stereocenters. The van der Waals surface area contributed by atoms with Crippen LogP contribution in [0.2, 0.25) is 0 Å². The van der Waals surface area contributed by atoms with E-state index in [1.54, 1.807) is 6.07 Å². The first-order chi connectivity index (χ1) is 12.7. The standard InChI is InChI=1S/C20H18N2O3S/c1-13(26-19-9-6-14-4-2-3-5-16(14)22-19)20(23)21-15-7-8-17-18(12-15)25-11-10-24-17/h2-9,12-13H,10-11H2,1H3,(H,21,23). The molecular weight excluding hydrogens is 348 g/mol. The molecule has 0 radical (unpaired) electrons. The number of nitrogens with one attached hydrogen (secondary N) is 1. The van der Waals surface area contributed by atoms with Gasteiger partial charge >= 0.3 is 0 Å². The second-order valence-electron chi connectivity index (χ2n) is 5.95. The molecule has 5 nitrogen and oxygen atoms in total. The van der Waals surface area contributed by atoms with Crippen molar-refractivity contribution >= 4 is 34.3 Å². The minimum atomic E-state index is -0.281. The SMILES string of the molecule is CC(Sc1ccc2ccccc2n1)C(=O)Nc1ccc2c(c1)OCCO2. The molecule has 3 aromatic rings. The van der Waals surface area contributed by atoms with Crippen molar-refractivity contribution in [1.82, 2.24) is 4.98 Å². The van der Waals surface area contributed by atoms with Crippen LogP contribution in [0, 0.1) is 0 Å². The Morgan fingerprint density at radius 3 is 2.77 bits per heavy atom. The average Bonchev–Trinajstić information content (AvgIpc) is 2.67. The Hall–Kier alpha value is -2.73. The number of carbonyl (C=O) groups excluding carboxylic acids is 1. The van der Waals surface area contributed by atoms with Gasteiger partial charge < -0.3 is 14.8 Å². The summed E-state index contributed by atoms with van der Waals surface area (Å²) >= 11 is 1.44. The minimum absolute atomic E-state index is 0.0818. The Bertz CT molecular complexity index is 961. The molecule has 0 aliphatic carbocycles. The van der Waals surface area contributed by atoms with Gasteiger partial charge in [0, 0.05) is 17.1 Å². The van der Waals surface area contributed by atoms with E-state index < -0.39 is 0 Å². The van der Waals surface area contributed by atoms with Crippen LogP contribution >= 0.6 is 11.8 Å². The van der Waals surface area contributed by atoms with Crippen LogP contribution in [0.15, 0.2) is 59.6 Å². The van der Waals surface area contributed by atoms with Gasteiger partial charge in [-0.25, -0.2) is 4.98 Å². The quantitative estimate of drug-likeness (QED) is 0.704. The maximum atomic E-state index is 12.5. The molecule has 1 aliphatic heterocycles. The molecule has 0 saturated carbocycles. The first kappa shape index (κ1) is 16.7. The van der Waals surface area contributed by atoms with Gasteiger partial charge in [0.15, 0.2) is 11.5 Å². The molecule has 0 spiro atoms. The van der Waals surface area contributed by atoms with E-state index in [-0.39, 0.29) is 11.2 Å². The van der Waals surface area contributed by atoms with Crippen LogP contribution in [0.4, 0.5) is 5.69 Å². The summed E-state index contributed by atoms with van der Waals surface area (Å²) in [6, 6.07) is 17.3. The van der Waals surface area contributed by atoms with Crippen LogP contribution in [0.3, 0.4) is 0 Å². The normalized spacial score (nSPS) is 14.0. The Morgan fingerprint density at radius 1 is 1.08 bits per heavy atom. The van der Waals surface area contributed by atoms with E-state index in [4.69, 9.17) is 9.47 Å². The fourth-order valence-electron chi connectivity index (χ4n) is 2.71. The second-order valence-corrected chi connectivity index (χ2v) is 7.31. The fourth-order valence-corrected chi connectivity index (χ4v) is 3.54. The number of pyridine rings is 1. The van der Waals surface area contributed by atoms with Crippen molar-refractivity contribution in [2.24, 2.45) is 0 Å². The number of hydrogen-bond acceptors (Lipinski definition) is 5. The first-order valence-electron chi connectivity index (χ1n) is 8.42. The van der Waals surface area contributed by atoms with Crippen LogP contribution in [-0.2, 0) is 4.79 Å². The van der Waals surface area contributed by atoms with Crippen LogP contribution in [-0.4, -0.2) is 29.4 Å². The van der Waals surface area contributed by atoms with E-state index >= 15 is 0 Å². The zero-order valence-corrected chi connectivity index (χ0v) is 15.1. The largest absolute Gasteiger partial charge is 0.486 e. The second kappa shape index (κ2) is 7.25. The number of amides is 1. The molecule has 0 bridgehead atoms. The Labute approximate surface area is 155 Å². The Kier molecular flexibility index (Phi) is 4.67. The number of ether oxygens (including phenoxy) is 2. The molecule has 1 aromatic heterocycles. The molecule has 2 aromatic carbocycles. The van der Waals surface area contributed by atoms with Crippen molar-refractivity contribution < 1.29 is 14.3 Å². The molecule has 4 rings (SSSR count). The van der Waals surface area contributed by atoms with Gasteiger partial charge in [-0.1, -0.05) is 36.0 Å². The Morgan fingerprint density at radius 2 is 1.88 bits per heavy atom. The molecule has 6 heteroatoms. The first-order valence-corrected chi connectivity index (χ1v) is 9.30. The third kappa shape index (κ3) is 3.60. The summed E-state index contributed by atoms with van der Waals surface area (Å²) in [7, 11) is 0. The van der Waals surface area contributed by atoms with Crippen molar-refractivity contribution in [3.8, 4) is 11.5 Å². The highest BCUT2D eigenvalue weighted by Crippen LogP contribution is 2.33. The van der Waals surface area contributed by atoms with Gasteiger partial charge in [0.2, 0.25) is 5.91 Å².